The molecule has 148 heavy (non-hydrogen) atoms. The number of nitrogens with two attached hydrogens (primary N) is 1. The van der Waals surface area contributed by atoms with Crippen molar-refractivity contribution in [3.8, 4) is 0 Å². The molecule has 13 nitrogen and oxygen atoms in total. The number of likely N-dealkylation sites (tertiary alicyclic amines) is 2. The van der Waals surface area contributed by atoms with Crippen LogP contribution in [0.15, 0.2) is 85.2 Å². The van der Waals surface area contributed by atoms with E-state index < -0.39 is 5.97 Å². The predicted molar refractivity (Wildman–Crippen MR) is 384 cm³/mol. The van der Waals surface area contributed by atoms with Gasteiger partial charge in [0, 0.05) is 451 Å². The average molecular weight is 2540 g/mol. The third-order valence-corrected chi connectivity index (χ3v) is 16.6. The number of nitrogen functional groups attached to an aromatic ring is 1. The molecule has 4 atom stereocenters. The number of carboxylic acids is 1. The van der Waals surface area contributed by atoms with Crippen LogP contribution in [0.1, 0.15) is 135 Å². The van der Waals surface area contributed by atoms with E-state index in [1.807, 2.05) is 126 Å². The molecule has 902 valence electrons. The normalized spacial score (nSPS) is 13.5. The van der Waals surface area contributed by atoms with Crippen molar-refractivity contribution in [1.82, 2.24) is 18.9 Å². The fraction of sp³-hybridized carbons (Fsp3) is 0.500. The summed E-state index contributed by atoms with van der Waals surface area (Å²) in [6.45, 7) is 16.0. The number of ether oxygens (including phenoxy) is 2. The summed E-state index contributed by atoms with van der Waals surface area (Å²) >= 11 is 0. The third-order valence-electron chi connectivity index (χ3n) is 16.6. The van der Waals surface area contributed by atoms with Crippen molar-refractivity contribution in [2.75, 3.05) is 37.4 Å². The number of carbonyl (C=O) groups is 4. The van der Waals surface area contributed by atoms with Gasteiger partial charge in [-0.2, -0.15) is 35.4 Å². The summed E-state index contributed by atoms with van der Waals surface area (Å²) < 4.78 is 560. The summed E-state index contributed by atoms with van der Waals surface area (Å²) in [5, 5.41) is 13.6. The third kappa shape index (κ3) is 120. The number of halogens is 69. The Balaban J connectivity index is -0.0000000399. The largest absolute Gasteiger partial charge is 0.478 e. The van der Waals surface area contributed by atoms with E-state index in [1.54, 1.807) is 6.20 Å². The van der Waals surface area contributed by atoms with Gasteiger partial charge >= 0.3 is 5.97 Å². The number of carbonyl (C=O) groups excluding carboxylic acids is 3. The first-order valence-electron chi connectivity index (χ1n) is 33.0. The zero-order chi connectivity index (χ0) is 123. The maximum atomic E-state index is 13.4. The van der Waals surface area contributed by atoms with Crippen molar-refractivity contribution >= 4 is 56.9 Å². The van der Waals surface area contributed by atoms with Crippen LogP contribution in [0.4, 0.5) is 327 Å². The number of para-hydroxylation sites is 2. The van der Waals surface area contributed by atoms with Crippen molar-refractivity contribution in [3.05, 3.63) is 131 Å². The number of aryl methyl sites for hydroxylation is 4. The fourth-order valence-electron chi connectivity index (χ4n) is 12.0. The Labute approximate surface area is 836 Å². The zero-order valence-electron chi connectivity index (χ0n) is 74.0. The van der Waals surface area contributed by atoms with Crippen molar-refractivity contribution < 1.29 is 415 Å². The number of aromatic carboxylic acids is 1. The van der Waals surface area contributed by atoms with E-state index in [9.17, 15) is 19.2 Å². The second-order valence-corrected chi connectivity index (χ2v) is 23.1. The fourth-order valence-corrected chi connectivity index (χ4v) is 12.0. The van der Waals surface area contributed by atoms with Crippen LogP contribution < -0.4 is 11.1 Å². The van der Waals surface area contributed by atoms with Crippen LogP contribution in [0.3, 0.4) is 0 Å². The molecule has 0 unspecified atom stereocenters. The minimum atomic E-state index is -0.878. The first-order valence-corrected chi connectivity index (χ1v) is 33.0. The molecular formula is C64H83F69N6O7Y2-2. The van der Waals surface area contributed by atoms with E-state index in [0.717, 1.165) is 108 Å². The number of nitrogens with one attached hydrogen (secondary N) is 1. The topological polar surface area (TPSA) is 161 Å². The Hall–Kier alpha value is -9.06. The first kappa shape index (κ1) is 223. The van der Waals surface area contributed by atoms with Gasteiger partial charge in [0.2, 0.25) is 11.8 Å². The Morgan fingerprint density at radius 1 is 0.351 bits per heavy atom. The summed E-state index contributed by atoms with van der Waals surface area (Å²) in [5.41, 5.74) is 14.0. The number of amides is 3. The van der Waals surface area contributed by atoms with Crippen molar-refractivity contribution in [1.29, 1.82) is 0 Å². The Morgan fingerprint density at radius 3 is 0.824 bits per heavy atom. The van der Waals surface area contributed by atoms with Gasteiger partial charge in [0.05, 0.1) is 48.6 Å². The van der Waals surface area contributed by atoms with Gasteiger partial charge in [0.15, 0.2) is 0 Å². The molecule has 2 aliphatic heterocycles. The number of nitrogens with zero attached hydrogens (tertiary/aromatic N) is 4. The van der Waals surface area contributed by atoms with Crippen LogP contribution >= 0.6 is 0 Å². The van der Waals surface area contributed by atoms with Gasteiger partial charge in [-0.05, 0) is 100 Å². The molecule has 4 aromatic carbocycles. The average Bonchev–Trinajstić information content (AvgIpc) is 1.65. The Bertz CT molecular complexity index is 3160. The maximum Gasteiger partial charge on any atom is 0.337 e. The van der Waals surface area contributed by atoms with E-state index in [-0.39, 0.29) is 99.9 Å². The van der Waals surface area contributed by atoms with E-state index in [1.165, 1.54) is 25.7 Å². The number of benzene rings is 4. The SMILES string of the molecule is Cc1cc(N)[c-]cc1CC(=O)N1C[C@@H](C)C[C@H]1COC1CCC(C)CC1.Cc1cc(NC(=O)c2cn(C)c3ccccc23)[c-]cc1CC(=O)N1C[C@@H](C)C[C@H]1COC1CCC(C)CC1.Cn1cc(C(=O)O)c2ccccc21.F.FF.FF.FF.FF.FF.FF.FF.FF.FF.FF.FF.FF.FF.FF.FF.FF.FF.FF.FF.FF.FF.FF.FF.FF.FF.FF.FF.FF.FF.FF.FF.FF.FF.FF.[Y].[Y]. The second kappa shape index (κ2) is 214. The van der Waals surface area contributed by atoms with Crippen molar-refractivity contribution in [2.24, 2.45) is 37.8 Å². The van der Waals surface area contributed by atoms with Gasteiger partial charge < -0.3 is 44.6 Å². The van der Waals surface area contributed by atoms with Crippen LogP contribution in [0, 0.1) is 49.7 Å². The van der Waals surface area contributed by atoms with Gasteiger partial charge in [-0.15, -0.1) is 23.3 Å². The number of fused-ring (bicyclic) bond motifs is 2. The summed E-state index contributed by atoms with van der Waals surface area (Å²) in [6, 6.07) is 29.4. The number of rotatable bonds is 13. The van der Waals surface area contributed by atoms with Gasteiger partial charge in [0.1, 0.15) is 0 Å². The van der Waals surface area contributed by atoms with E-state index >= 15 is 0 Å². The summed E-state index contributed by atoms with van der Waals surface area (Å²) in [7, 11) is 3.78. The molecule has 0 bridgehead atoms. The van der Waals surface area contributed by atoms with E-state index in [0.29, 0.717) is 72.6 Å². The molecule has 4 aliphatic rings. The molecule has 2 aromatic heterocycles. The molecule has 84 heteroatoms. The van der Waals surface area contributed by atoms with Gasteiger partial charge in [0.25, 0.3) is 5.91 Å². The van der Waals surface area contributed by atoms with Crippen LogP contribution in [0.2, 0.25) is 0 Å². The quantitative estimate of drug-likeness (QED) is 0.0585. The van der Waals surface area contributed by atoms with Crippen molar-refractivity contribution in [3.63, 3.8) is 0 Å². The molecule has 10 rings (SSSR count). The molecule has 0 spiro atoms. The second-order valence-electron chi connectivity index (χ2n) is 23.1. The van der Waals surface area contributed by atoms with E-state index in [4.69, 9.17) is 331 Å². The predicted octanol–water partition coefficient (Wildman–Crippen LogP) is 40.3. The molecule has 2 saturated carbocycles. The smallest absolute Gasteiger partial charge is 0.337 e. The number of hydrogen-bond acceptors (Lipinski definition) is 7. The molecule has 4 fully saturated rings. The molecule has 2 radical (unpaired) electrons. The van der Waals surface area contributed by atoms with Crippen molar-refractivity contribution in [2.45, 2.75) is 143 Å². The maximum absolute atomic E-state index is 13.4. The van der Waals surface area contributed by atoms with Crippen LogP contribution in [-0.2, 0) is 111 Å². The summed E-state index contributed by atoms with van der Waals surface area (Å²) in [6.07, 6.45) is 16.6. The Morgan fingerprint density at radius 2 is 0.581 bits per heavy atom. The summed E-state index contributed by atoms with van der Waals surface area (Å²) in [5.74, 6) is 1.96. The molecule has 6 aromatic rings. The number of carboxylic acid groups (broad SMARTS) is 1. The minimum absolute atomic E-state index is 0. The molecule has 4 N–H and O–H groups in total. The van der Waals surface area contributed by atoms with Gasteiger partial charge in [-0.3, -0.25) is 19.1 Å². The van der Waals surface area contributed by atoms with Gasteiger partial charge in [-0.1, -0.05) is 89.3 Å². The number of anilines is 2. The number of hydrogen-bond donors (Lipinski definition) is 3. The first-order chi connectivity index (χ1) is 70.9. The molecule has 4 heterocycles. The minimum Gasteiger partial charge on any atom is -0.478 e. The number of aromatic nitrogens is 2. The zero-order valence-corrected chi connectivity index (χ0v) is 79.7. The molecule has 2 aliphatic carbocycles. The molecule has 3 amide bonds. The monoisotopic (exact) mass is 2540 g/mol. The van der Waals surface area contributed by atoms with E-state index in [2.05, 4.69) is 45.1 Å². The Kier molecular flexibility index (Phi) is 322. The van der Waals surface area contributed by atoms with Crippen LogP contribution in [0.5, 0.6) is 0 Å². The molecular weight excluding hydrogens is 2450 g/mol. The standard InChI is InChI=1S/C32H40N3O3.C22H33N2O2.C10H9NO2.34F2.FH.2Y/c1-21-9-13-27(14-10-21)38-20-26-15-22(2)18-35(26)31(36)17-24-11-12-25(16-23(24)3)33-32(37)29-19-34(4)30-8-6-5-7-28(29)30;1-15-4-8-21(9-5-15)26-14-20-10-16(2)13-24(20)22(25)12-18-6-7-19(23)11-17(18)3;1-11-6-8(10(12)13)7-4-2-3-5-9(7)11;34*1-2;;;/h5-8,11,16,19,21-22,26-27H,9-10,13-15,17-18,20H2,1-4H3,(H,33,37);6,11,15-16,20-21H,4-5,8-10,12-14,23H2,1-3H3;2-6H,1H3,(H,12,13);;;;;;;;;;;;;;;;;;;;;;;;;;;;;;;;;;;1H;;/q2*-1;;;;;;;;;;;;;;;;;;;;;;;;;;;;;;;;;;;;;;/t21?,22-,26-,27?;15?,16-,20-,21?;;;;;;;;;;;;;;;;;;;;;;;;;;;;;;;;;;;;;;/m00....................................../s1. The molecule has 2 saturated heterocycles. The van der Waals surface area contributed by atoms with Gasteiger partial charge in [-0.25, -0.2) is 4.79 Å². The summed E-state index contributed by atoms with van der Waals surface area (Å²) in [4.78, 5) is 54.2. The van der Waals surface area contributed by atoms with Crippen LogP contribution in [-0.4, -0.2) is 98.3 Å². The van der Waals surface area contributed by atoms with Crippen LogP contribution in [0.25, 0.3) is 21.8 Å².